The normalized spacial score (nSPS) is 21.6. The summed E-state index contributed by atoms with van der Waals surface area (Å²) in [5, 5.41) is 0. The lowest BCUT2D eigenvalue weighted by Gasteiger charge is -2.47. The minimum Gasteiger partial charge on any atom is -0.483 e. The molecule has 0 amide bonds. The zero-order valence-electron chi connectivity index (χ0n) is 16.1. The van der Waals surface area contributed by atoms with Crippen molar-refractivity contribution in [3.05, 3.63) is 34.9 Å². The molecule has 28 heavy (non-hydrogen) atoms. The molecule has 0 aromatic heterocycles. The number of carbonyl (C=O) groups excluding carboxylic acids is 2. The van der Waals surface area contributed by atoms with Gasteiger partial charge in [0.2, 0.25) is 0 Å². The Morgan fingerprint density at radius 2 is 1.57 bits per heavy atom. The molecule has 1 aliphatic carbocycles. The predicted octanol–water partition coefficient (Wildman–Crippen LogP) is 4.54. The zero-order chi connectivity index (χ0) is 19.8. The lowest BCUT2D eigenvalue weighted by molar-refractivity contribution is 0.0550. The molecule has 3 aliphatic rings. The van der Waals surface area contributed by atoms with Crippen molar-refractivity contribution in [2.45, 2.75) is 41.8 Å². The Kier molecular flexibility index (Phi) is 5.40. The number of ether oxygens (including phenoxy) is 3. The van der Waals surface area contributed by atoms with Gasteiger partial charge in [-0.25, -0.2) is 9.59 Å². The van der Waals surface area contributed by atoms with E-state index in [1.807, 2.05) is 6.08 Å². The van der Waals surface area contributed by atoms with E-state index in [9.17, 15) is 9.59 Å². The van der Waals surface area contributed by atoms with Crippen molar-refractivity contribution in [2.75, 3.05) is 25.7 Å². The van der Waals surface area contributed by atoms with Crippen molar-refractivity contribution in [3.8, 4) is 5.75 Å². The second kappa shape index (κ2) is 7.67. The number of thioether (sulfide) groups is 2. The fourth-order valence-electron chi connectivity index (χ4n) is 4.10. The molecule has 4 rings (SSSR count). The third kappa shape index (κ3) is 3.54. The first-order chi connectivity index (χ1) is 13.5. The van der Waals surface area contributed by atoms with E-state index in [2.05, 4.69) is 29.6 Å². The second-order valence-corrected chi connectivity index (χ2v) is 10.6. The van der Waals surface area contributed by atoms with Gasteiger partial charge in [-0.1, -0.05) is 6.08 Å². The summed E-state index contributed by atoms with van der Waals surface area (Å²) in [5.74, 6) is 1.97. The average molecular weight is 421 g/mol. The van der Waals surface area contributed by atoms with Crippen LogP contribution in [0.15, 0.2) is 18.2 Å². The molecule has 0 unspecified atom stereocenters. The van der Waals surface area contributed by atoms with Crippen LogP contribution in [0, 0.1) is 0 Å². The van der Waals surface area contributed by atoms with Gasteiger partial charge < -0.3 is 14.2 Å². The predicted molar refractivity (Wildman–Crippen MR) is 112 cm³/mol. The topological polar surface area (TPSA) is 61.8 Å². The molecule has 2 heterocycles. The Balaban J connectivity index is 1.61. The van der Waals surface area contributed by atoms with Crippen LogP contribution in [0.5, 0.6) is 5.75 Å². The van der Waals surface area contributed by atoms with Gasteiger partial charge in [0.1, 0.15) is 11.4 Å². The highest BCUT2D eigenvalue weighted by Gasteiger charge is 2.45. The number of methoxy groups -OCH3 is 2. The Labute approximate surface area is 173 Å². The molecule has 7 heteroatoms. The first-order valence-corrected chi connectivity index (χ1v) is 11.5. The molecule has 0 radical (unpaired) electrons. The Hall–Kier alpha value is -1.60. The standard InChI is InChI=1S/C21H24O5S2/c1-24-18(22)15-12-14-4-5-20(26-17(14)13-16(15)19(23)25-2)6-8-21(9-7-20)27-10-3-11-28-21/h4-5,12-13H,3,6-11H2,1-2H3. The maximum atomic E-state index is 12.2. The average Bonchev–Trinajstić information content (AvgIpc) is 2.75. The summed E-state index contributed by atoms with van der Waals surface area (Å²) in [6, 6.07) is 3.26. The van der Waals surface area contributed by atoms with Gasteiger partial charge in [0, 0.05) is 5.56 Å². The number of benzene rings is 1. The number of rotatable bonds is 2. The third-order valence-electron chi connectivity index (χ3n) is 5.72. The van der Waals surface area contributed by atoms with Crippen LogP contribution in [0.2, 0.25) is 0 Å². The largest absolute Gasteiger partial charge is 0.483 e. The van der Waals surface area contributed by atoms with Gasteiger partial charge in [-0.2, -0.15) is 0 Å². The molecule has 0 bridgehead atoms. The molecule has 1 aromatic rings. The SMILES string of the molecule is COC(=O)c1cc2c(cc1C(=O)OC)OC1(C=C2)CCC2(CC1)SCCCS2. The lowest BCUT2D eigenvalue weighted by atomic mass is 9.82. The van der Waals surface area contributed by atoms with Gasteiger partial charge in [0.25, 0.3) is 0 Å². The van der Waals surface area contributed by atoms with E-state index in [0.717, 1.165) is 31.2 Å². The summed E-state index contributed by atoms with van der Waals surface area (Å²) in [6.07, 6.45) is 9.57. The number of hydrogen-bond acceptors (Lipinski definition) is 7. The van der Waals surface area contributed by atoms with Crippen LogP contribution in [0.4, 0.5) is 0 Å². The van der Waals surface area contributed by atoms with Crippen molar-refractivity contribution in [1.29, 1.82) is 0 Å². The Morgan fingerprint density at radius 1 is 0.964 bits per heavy atom. The molecular weight excluding hydrogens is 396 g/mol. The summed E-state index contributed by atoms with van der Waals surface area (Å²) in [4.78, 5) is 24.3. The van der Waals surface area contributed by atoms with E-state index in [4.69, 9.17) is 14.2 Å². The minimum absolute atomic E-state index is 0.171. The number of esters is 2. The fourth-order valence-corrected chi connectivity index (χ4v) is 7.42. The lowest BCUT2D eigenvalue weighted by Crippen LogP contribution is -2.44. The maximum Gasteiger partial charge on any atom is 0.338 e. The van der Waals surface area contributed by atoms with E-state index in [1.54, 1.807) is 12.1 Å². The van der Waals surface area contributed by atoms with Crippen molar-refractivity contribution in [2.24, 2.45) is 0 Å². The van der Waals surface area contributed by atoms with Crippen LogP contribution in [0.3, 0.4) is 0 Å². The van der Waals surface area contributed by atoms with E-state index in [0.29, 0.717) is 9.83 Å². The van der Waals surface area contributed by atoms with Gasteiger partial charge in [-0.05, 0) is 61.8 Å². The van der Waals surface area contributed by atoms with Crippen molar-refractivity contribution in [1.82, 2.24) is 0 Å². The summed E-state index contributed by atoms with van der Waals surface area (Å²) in [6.45, 7) is 0. The van der Waals surface area contributed by atoms with Gasteiger partial charge in [-0.3, -0.25) is 0 Å². The van der Waals surface area contributed by atoms with Crippen LogP contribution >= 0.6 is 23.5 Å². The van der Waals surface area contributed by atoms with Crippen LogP contribution in [-0.4, -0.2) is 47.3 Å². The zero-order valence-corrected chi connectivity index (χ0v) is 17.7. The first-order valence-electron chi connectivity index (χ1n) is 9.51. The quantitative estimate of drug-likeness (QED) is 0.651. The van der Waals surface area contributed by atoms with E-state index < -0.39 is 11.9 Å². The van der Waals surface area contributed by atoms with Crippen molar-refractivity contribution >= 4 is 41.5 Å². The van der Waals surface area contributed by atoms with Crippen LogP contribution in [0.25, 0.3) is 6.08 Å². The van der Waals surface area contributed by atoms with Crippen molar-refractivity contribution in [3.63, 3.8) is 0 Å². The molecule has 0 atom stereocenters. The summed E-state index contributed by atoms with van der Waals surface area (Å²) in [7, 11) is 2.59. The molecule has 1 saturated heterocycles. The maximum absolute atomic E-state index is 12.2. The van der Waals surface area contributed by atoms with Gasteiger partial charge in [0.05, 0.1) is 29.4 Å². The number of carbonyl (C=O) groups is 2. The van der Waals surface area contributed by atoms with Crippen LogP contribution < -0.4 is 4.74 Å². The van der Waals surface area contributed by atoms with Gasteiger partial charge in [-0.15, -0.1) is 23.5 Å². The molecule has 150 valence electrons. The summed E-state index contributed by atoms with van der Waals surface area (Å²) >= 11 is 4.21. The third-order valence-corrected chi connectivity index (χ3v) is 9.28. The van der Waals surface area contributed by atoms with Gasteiger partial charge >= 0.3 is 11.9 Å². The minimum atomic E-state index is -0.576. The summed E-state index contributed by atoms with van der Waals surface area (Å²) in [5.41, 5.74) is 0.802. The monoisotopic (exact) mass is 420 g/mol. The molecule has 2 spiro atoms. The van der Waals surface area contributed by atoms with Crippen LogP contribution in [-0.2, 0) is 9.47 Å². The first kappa shape index (κ1) is 19.7. The molecule has 2 fully saturated rings. The highest BCUT2D eigenvalue weighted by Crippen LogP contribution is 2.55. The Bertz CT molecular complexity index is 816. The number of fused-ring (bicyclic) bond motifs is 1. The molecular formula is C21H24O5S2. The van der Waals surface area contributed by atoms with Crippen molar-refractivity contribution < 1.29 is 23.8 Å². The number of hydrogen-bond donors (Lipinski definition) is 0. The molecule has 1 saturated carbocycles. The highest BCUT2D eigenvalue weighted by molar-refractivity contribution is 8.18. The second-order valence-electron chi connectivity index (χ2n) is 7.38. The summed E-state index contributed by atoms with van der Waals surface area (Å²) < 4.78 is 16.4. The Morgan fingerprint density at radius 3 is 2.18 bits per heavy atom. The van der Waals surface area contributed by atoms with E-state index >= 15 is 0 Å². The van der Waals surface area contributed by atoms with E-state index in [1.165, 1.54) is 32.1 Å². The highest BCUT2D eigenvalue weighted by atomic mass is 32.2. The fraction of sp³-hybridized carbons (Fsp3) is 0.524. The van der Waals surface area contributed by atoms with Gasteiger partial charge in [0.15, 0.2) is 0 Å². The molecule has 2 aliphatic heterocycles. The van der Waals surface area contributed by atoms with Crippen LogP contribution in [0.1, 0.15) is 58.4 Å². The molecule has 5 nitrogen and oxygen atoms in total. The smallest absolute Gasteiger partial charge is 0.338 e. The molecule has 1 aromatic carbocycles. The van der Waals surface area contributed by atoms with E-state index in [-0.39, 0.29) is 16.7 Å². The molecule has 0 N–H and O–H groups in total.